The lowest BCUT2D eigenvalue weighted by Crippen LogP contribution is -2.21. The molecule has 0 aliphatic heterocycles. The zero-order valence-electron chi connectivity index (χ0n) is 14.8. The molecule has 3 aromatic rings. The van der Waals surface area contributed by atoms with E-state index in [1.165, 1.54) is 6.08 Å². The maximum Gasteiger partial charge on any atom is 0.210 e. The normalized spacial score (nSPS) is 13.0. The molecule has 5 heteroatoms. The number of fused-ring (bicyclic) bond motifs is 1. The average molecular weight is 390 g/mol. The smallest absolute Gasteiger partial charge is 0.210 e. The highest BCUT2D eigenvalue weighted by atomic mass is 35.5. The Morgan fingerprint density at radius 2 is 1.61 bits per heavy atom. The van der Waals surface area contributed by atoms with E-state index < -0.39 is 0 Å². The number of hydrogen-bond donors (Lipinski definition) is 1. The van der Waals surface area contributed by atoms with Gasteiger partial charge >= 0.3 is 0 Å². The summed E-state index contributed by atoms with van der Waals surface area (Å²) in [5.74, 6) is 0.312. The molecular formula is C23H16ClNO3. The SMILES string of the molecule is O=C1C=C(Nc2ccc(OCc3cccc(Cl)c3)cc2)C(=O)c2ccccc21. The molecule has 0 amide bonds. The Hall–Kier alpha value is -3.37. The van der Waals surface area contributed by atoms with Crippen molar-refractivity contribution in [1.82, 2.24) is 0 Å². The van der Waals surface area contributed by atoms with Crippen molar-refractivity contribution < 1.29 is 14.3 Å². The third-order valence-electron chi connectivity index (χ3n) is 4.39. The summed E-state index contributed by atoms with van der Waals surface area (Å²) in [7, 11) is 0. The molecule has 0 fully saturated rings. The average Bonchev–Trinajstić information content (AvgIpc) is 2.71. The summed E-state index contributed by atoms with van der Waals surface area (Å²) in [6.07, 6.45) is 1.34. The first-order valence-corrected chi connectivity index (χ1v) is 9.12. The van der Waals surface area contributed by atoms with Crippen molar-refractivity contribution in [3.8, 4) is 5.75 Å². The second kappa shape index (κ2) is 7.71. The predicted octanol–water partition coefficient (Wildman–Crippen LogP) is 5.29. The number of nitrogens with one attached hydrogen (secondary N) is 1. The van der Waals surface area contributed by atoms with E-state index in [4.69, 9.17) is 16.3 Å². The number of hydrogen-bond acceptors (Lipinski definition) is 4. The van der Waals surface area contributed by atoms with Gasteiger partial charge in [0.25, 0.3) is 0 Å². The number of rotatable bonds is 5. The number of carbonyl (C=O) groups excluding carboxylic acids is 2. The highest BCUT2D eigenvalue weighted by Gasteiger charge is 2.25. The summed E-state index contributed by atoms with van der Waals surface area (Å²) >= 11 is 5.97. The summed E-state index contributed by atoms with van der Waals surface area (Å²) in [6, 6.07) is 21.5. The van der Waals surface area contributed by atoms with Gasteiger partial charge in [-0.2, -0.15) is 0 Å². The summed E-state index contributed by atoms with van der Waals surface area (Å²) in [5, 5.41) is 3.70. The maximum absolute atomic E-state index is 12.6. The largest absolute Gasteiger partial charge is 0.489 e. The Labute approximate surface area is 167 Å². The first-order chi connectivity index (χ1) is 13.6. The van der Waals surface area contributed by atoms with Crippen LogP contribution in [-0.2, 0) is 6.61 Å². The van der Waals surface area contributed by atoms with Crippen LogP contribution in [0.1, 0.15) is 26.3 Å². The third-order valence-corrected chi connectivity index (χ3v) is 4.62. The van der Waals surface area contributed by atoms with Crippen molar-refractivity contribution in [3.05, 3.63) is 106 Å². The lowest BCUT2D eigenvalue weighted by atomic mass is 9.92. The number of carbonyl (C=O) groups is 2. The number of anilines is 1. The molecule has 1 aliphatic carbocycles. The monoisotopic (exact) mass is 389 g/mol. The van der Waals surface area contributed by atoms with Gasteiger partial charge in [0.1, 0.15) is 12.4 Å². The number of ketones is 2. The summed E-state index contributed by atoms with van der Waals surface area (Å²) < 4.78 is 5.75. The van der Waals surface area contributed by atoms with Crippen LogP contribution < -0.4 is 10.1 Å². The van der Waals surface area contributed by atoms with E-state index in [2.05, 4.69) is 5.32 Å². The van der Waals surface area contributed by atoms with Crippen molar-refractivity contribution in [2.45, 2.75) is 6.61 Å². The van der Waals surface area contributed by atoms with Crippen molar-refractivity contribution in [1.29, 1.82) is 0 Å². The fourth-order valence-corrected chi connectivity index (χ4v) is 3.20. The van der Waals surface area contributed by atoms with Gasteiger partial charge in [-0.3, -0.25) is 9.59 Å². The first-order valence-electron chi connectivity index (χ1n) is 8.74. The number of ether oxygens (including phenoxy) is 1. The van der Waals surface area contributed by atoms with Gasteiger partial charge in [-0.15, -0.1) is 0 Å². The van der Waals surface area contributed by atoms with E-state index in [1.54, 1.807) is 48.5 Å². The number of benzene rings is 3. The molecular weight excluding hydrogens is 374 g/mol. The molecule has 0 saturated carbocycles. The quantitative estimate of drug-likeness (QED) is 0.643. The van der Waals surface area contributed by atoms with Crippen LogP contribution in [0, 0.1) is 0 Å². The van der Waals surface area contributed by atoms with Gasteiger partial charge in [-0.05, 0) is 42.0 Å². The van der Waals surface area contributed by atoms with Gasteiger partial charge in [-0.1, -0.05) is 48.0 Å². The second-order valence-electron chi connectivity index (χ2n) is 6.36. The lowest BCUT2D eigenvalue weighted by molar-refractivity contribution is 0.0985. The number of allylic oxidation sites excluding steroid dienone is 2. The molecule has 1 N–H and O–H groups in total. The number of halogens is 1. The highest BCUT2D eigenvalue weighted by Crippen LogP contribution is 2.24. The van der Waals surface area contributed by atoms with E-state index in [0.29, 0.717) is 34.2 Å². The summed E-state index contributed by atoms with van der Waals surface area (Å²) in [6.45, 7) is 0.405. The van der Waals surface area contributed by atoms with Crippen LogP contribution in [0.5, 0.6) is 5.75 Å². The molecule has 28 heavy (non-hydrogen) atoms. The molecule has 138 valence electrons. The van der Waals surface area contributed by atoms with Crippen molar-refractivity contribution >= 4 is 28.9 Å². The Kier molecular flexibility index (Phi) is 4.96. The van der Waals surface area contributed by atoms with Crippen molar-refractivity contribution in [2.75, 3.05) is 5.32 Å². The fraction of sp³-hybridized carbons (Fsp3) is 0.0435. The summed E-state index contributed by atoms with van der Waals surface area (Å²) in [4.78, 5) is 24.8. The van der Waals surface area contributed by atoms with Gasteiger partial charge in [0.2, 0.25) is 5.78 Å². The van der Waals surface area contributed by atoms with Crippen LogP contribution in [0.3, 0.4) is 0 Å². The minimum absolute atomic E-state index is 0.181. The molecule has 4 rings (SSSR count). The minimum atomic E-state index is -0.198. The molecule has 4 nitrogen and oxygen atoms in total. The van der Waals surface area contributed by atoms with E-state index in [-0.39, 0.29) is 17.3 Å². The molecule has 0 radical (unpaired) electrons. The zero-order valence-corrected chi connectivity index (χ0v) is 15.6. The van der Waals surface area contributed by atoms with Gasteiger partial charge in [-0.25, -0.2) is 0 Å². The minimum Gasteiger partial charge on any atom is -0.489 e. The van der Waals surface area contributed by atoms with Crippen molar-refractivity contribution in [2.24, 2.45) is 0 Å². The molecule has 0 saturated heterocycles. The van der Waals surface area contributed by atoms with Crippen LogP contribution >= 0.6 is 11.6 Å². The van der Waals surface area contributed by atoms with Gasteiger partial charge in [0.05, 0.1) is 5.70 Å². The molecule has 0 heterocycles. The van der Waals surface area contributed by atoms with Gasteiger partial charge in [0, 0.05) is 27.9 Å². The maximum atomic E-state index is 12.6. The lowest BCUT2D eigenvalue weighted by Gasteiger charge is -2.16. The number of Topliss-reactive ketones (excluding diaryl/α,β-unsaturated/α-hetero) is 1. The summed E-state index contributed by atoms with van der Waals surface area (Å²) in [5.41, 5.74) is 2.78. The van der Waals surface area contributed by atoms with Crippen LogP contribution in [0.25, 0.3) is 0 Å². The third kappa shape index (κ3) is 3.82. The molecule has 0 spiro atoms. The molecule has 0 aromatic heterocycles. The fourth-order valence-electron chi connectivity index (χ4n) is 2.99. The Bertz CT molecular complexity index is 1090. The topological polar surface area (TPSA) is 55.4 Å². The van der Waals surface area contributed by atoms with Crippen molar-refractivity contribution in [3.63, 3.8) is 0 Å². The Morgan fingerprint density at radius 3 is 2.36 bits per heavy atom. The van der Waals surface area contributed by atoms with E-state index in [0.717, 1.165) is 5.56 Å². The first kappa shape index (κ1) is 18.0. The highest BCUT2D eigenvalue weighted by molar-refractivity contribution is 6.30. The van der Waals surface area contributed by atoms with E-state index in [9.17, 15) is 9.59 Å². The Balaban J connectivity index is 1.44. The van der Waals surface area contributed by atoms with Crippen LogP contribution in [0.4, 0.5) is 5.69 Å². The van der Waals surface area contributed by atoms with Crippen LogP contribution in [0.2, 0.25) is 5.02 Å². The van der Waals surface area contributed by atoms with E-state index >= 15 is 0 Å². The second-order valence-corrected chi connectivity index (χ2v) is 6.80. The van der Waals surface area contributed by atoms with Crippen LogP contribution in [0.15, 0.2) is 84.6 Å². The van der Waals surface area contributed by atoms with Gasteiger partial charge < -0.3 is 10.1 Å². The van der Waals surface area contributed by atoms with E-state index in [1.807, 2.05) is 24.3 Å². The zero-order chi connectivity index (χ0) is 19.5. The molecule has 0 atom stereocenters. The molecule has 3 aromatic carbocycles. The molecule has 0 unspecified atom stereocenters. The van der Waals surface area contributed by atoms with Crippen LogP contribution in [-0.4, -0.2) is 11.6 Å². The standard InChI is InChI=1S/C23H16ClNO3/c24-16-5-3-4-15(12-16)14-28-18-10-8-17(9-11-18)25-21-13-22(26)19-6-1-2-7-20(19)23(21)27/h1-13,25H,14H2. The molecule has 0 bridgehead atoms. The molecule has 1 aliphatic rings. The van der Waals surface area contributed by atoms with Gasteiger partial charge in [0.15, 0.2) is 5.78 Å². The Morgan fingerprint density at radius 1 is 0.857 bits per heavy atom. The predicted molar refractivity (Wildman–Crippen MR) is 109 cm³/mol.